The molecule has 0 saturated carbocycles. The molecule has 24 nitrogen and oxygen atoms in total. The molecule has 46 heavy (non-hydrogen) atoms. The van der Waals surface area contributed by atoms with Crippen LogP contribution in [0.4, 0.5) is 34.1 Å². The molecular weight excluding hydrogens is 792 g/mol. The predicted molar refractivity (Wildman–Crippen MR) is 140 cm³/mol. The zero-order valence-corrected chi connectivity index (χ0v) is 23.5. The fourth-order valence-electron chi connectivity index (χ4n) is 2.87. The molecule has 0 aliphatic rings. The van der Waals surface area contributed by atoms with Gasteiger partial charge in [0.15, 0.2) is 0 Å². The molecule has 0 heterocycles. The molecule has 0 aliphatic heterocycles. The summed E-state index contributed by atoms with van der Waals surface area (Å²) in [4.78, 5) is 87.9. The van der Waals surface area contributed by atoms with E-state index in [-0.39, 0.29) is 54.0 Å². The summed E-state index contributed by atoms with van der Waals surface area (Å²) in [5, 5.41) is 87.9. The minimum Gasteiger partial charge on any atom is -0.478 e. The van der Waals surface area contributed by atoms with Crippen molar-refractivity contribution in [2.24, 2.45) is 0 Å². The Labute approximate surface area is 279 Å². The molecule has 0 unspecified atom stereocenters. The third kappa shape index (κ3) is 10.8. The van der Waals surface area contributed by atoms with Gasteiger partial charge in [0, 0.05) is 73.7 Å². The second kappa shape index (κ2) is 17.1. The summed E-state index contributed by atoms with van der Waals surface area (Å²) in [6, 6.07) is 7.15. The van der Waals surface area contributed by atoms with E-state index in [1.165, 1.54) is 0 Å². The SMILES string of the molecule is O=C(O)c1ccc([N+](=O)[O-])c([N+](=O)[O-])c1.O=C(O)c1ccc([N+](=O)[O-])c([N+](=O)[O-])c1.O=C(O)c1ccc([N+](=O)[O-])c([N+](=O)[O-])c1.[Er]. The Bertz CT molecular complexity index is 1570. The minimum atomic E-state index is -1.38. The Morgan fingerprint density at radius 1 is 0.391 bits per heavy atom. The molecule has 3 N–H and O–H groups in total. The summed E-state index contributed by atoms with van der Waals surface area (Å²) in [6.07, 6.45) is 0. The predicted octanol–water partition coefficient (Wildman–Crippen LogP) is 3.60. The van der Waals surface area contributed by atoms with E-state index in [0.29, 0.717) is 18.2 Å². The quantitative estimate of drug-likeness (QED) is 0.205. The van der Waals surface area contributed by atoms with Crippen LogP contribution in [0.5, 0.6) is 0 Å². The number of nitro groups is 6. The number of carboxylic acid groups (broad SMARTS) is 3. The number of rotatable bonds is 9. The van der Waals surface area contributed by atoms with Crippen molar-refractivity contribution < 1.29 is 96.5 Å². The van der Waals surface area contributed by atoms with Gasteiger partial charge in [-0.2, -0.15) is 0 Å². The first-order chi connectivity index (χ1) is 20.8. The van der Waals surface area contributed by atoms with Crippen LogP contribution in [0.3, 0.4) is 0 Å². The van der Waals surface area contributed by atoms with Crippen LogP contribution in [0.15, 0.2) is 54.6 Å². The molecule has 0 fully saturated rings. The fourth-order valence-corrected chi connectivity index (χ4v) is 2.87. The van der Waals surface area contributed by atoms with Crippen LogP contribution in [-0.4, -0.2) is 62.8 Å². The molecule has 246 valence electrons. The normalized spacial score (nSPS) is 9.39. The van der Waals surface area contributed by atoms with Crippen LogP contribution >= 0.6 is 0 Å². The molecule has 0 radical (unpaired) electrons. The molecule has 0 saturated heterocycles. The van der Waals surface area contributed by atoms with Gasteiger partial charge in [-0.1, -0.05) is 0 Å². The number of hydrogen-bond acceptors (Lipinski definition) is 15. The van der Waals surface area contributed by atoms with Crippen molar-refractivity contribution >= 4 is 52.0 Å². The Morgan fingerprint density at radius 3 is 0.696 bits per heavy atom. The van der Waals surface area contributed by atoms with Crippen molar-refractivity contribution in [3.05, 3.63) is 132 Å². The van der Waals surface area contributed by atoms with E-state index in [1.54, 1.807) is 0 Å². The van der Waals surface area contributed by atoms with E-state index in [0.717, 1.165) is 36.4 Å². The first-order valence-corrected chi connectivity index (χ1v) is 10.8. The molecule has 0 aliphatic carbocycles. The molecule has 3 aromatic rings. The van der Waals surface area contributed by atoms with Gasteiger partial charge in [-0.05, 0) is 18.2 Å². The average molecular weight is 804 g/mol. The summed E-state index contributed by atoms with van der Waals surface area (Å²) >= 11 is 0. The van der Waals surface area contributed by atoms with E-state index in [9.17, 15) is 75.1 Å². The maximum absolute atomic E-state index is 10.5. The van der Waals surface area contributed by atoms with E-state index in [2.05, 4.69) is 0 Å². The number of nitro benzene ring substituents is 6. The van der Waals surface area contributed by atoms with Gasteiger partial charge in [-0.25, -0.2) is 14.4 Å². The second-order valence-electron chi connectivity index (χ2n) is 7.57. The first kappa shape index (κ1) is 39.7. The molecule has 3 rings (SSSR count). The number of aromatic carboxylic acids is 3. The Balaban J connectivity index is 0.000000653. The van der Waals surface area contributed by atoms with Crippen LogP contribution in [0.1, 0.15) is 31.1 Å². The zero-order valence-electron chi connectivity index (χ0n) is 21.6. The summed E-state index contributed by atoms with van der Waals surface area (Å²) in [5.74, 6) is -4.14. The molecule has 0 bridgehead atoms. The Morgan fingerprint density at radius 2 is 0.565 bits per heavy atom. The van der Waals surface area contributed by atoms with E-state index < -0.39 is 81.6 Å². The largest absolute Gasteiger partial charge is 0.478 e. The summed E-state index contributed by atoms with van der Waals surface area (Å²) in [7, 11) is 0. The molecule has 0 atom stereocenters. The van der Waals surface area contributed by atoms with Crippen LogP contribution in [0.25, 0.3) is 0 Å². The summed E-state index contributed by atoms with van der Waals surface area (Å²) < 4.78 is 0. The third-order valence-corrected chi connectivity index (χ3v) is 4.85. The monoisotopic (exact) mass is 802 g/mol. The third-order valence-electron chi connectivity index (χ3n) is 4.85. The Hall–Kier alpha value is -6.28. The van der Waals surface area contributed by atoms with Crippen molar-refractivity contribution in [2.45, 2.75) is 0 Å². The standard InChI is InChI=1S/3C7H4N2O6.Er/c3*10-7(11)4-1-2-5(8(12)13)6(3-4)9(14)15;/h3*1-3H,(H,10,11);. The smallest absolute Gasteiger partial charge is 0.346 e. The minimum absolute atomic E-state index is 0. The molecule has 0 spiro atoms. The van der Waals surface area contributed by atoms with Gasteiger partial charge in [-0.15, -0.1) is 0 Å². The molecule has 0 amide bonds. The summed E-state index contributed by atoms with van der Waals surface area (Å²) in [5.41, 5.74) is -5.80. The van der Waals surface area contributed by atoms with Crippen molar-refractivity contribution in [3.63, 3.8) is 0 Å². The summed E-state index contributed by atoms with van der Waals surface area (Å²) in [6.45, 7) is 0. The van der Waals surface area contributed by atoms with Crippen molar-refractivity contribution in [3.8, 4) is 0 Å². The van der Waals surface area contributed by atoms with Gasteiger partial charge in [-0.3, -0.25) is 60.7 Å². The Kier molecular flexibility index (Phi) is 14.8. The molecule has 3 aromatic carbocycles. The first-order valence-electron chi connectivity index (χ1n) is 10.8. The number of carbonyl (C=O) groups is 3. The maximum Gasteiger partial charge on any atom is 0.346 e. The number of hydrogen-bond donors (Lipinski definition) is 3. The number of benzene rings is 3. The van der Waals surface area contributed by atoms with E-state index in [1.807, 2.05) is 0 Å². The fraction of sp³-hybridized carbons (Fsp3) is 0. The van der Waals surface area contributed by atoms with Gasteiger partial charge < -0.3 is 15.3 Å². The molecule has 25 heteroatoms. The molecule has 0 aromatic heterocycles. The van der Waals surface area contributed by atoms with E-state index in [4.69, 9.17) is 15.3 Å². The number of carboxylic acids is 3. The van der Waals surface area contributed by atoms with Crippen LogP contribution in [0.2, 0.25) is 0 Å². The maximum atomic E-state index is 10.5. The van der Waals surface area contributed by atoms with E-state index >= 15 is 0 Å². The molecular formula is C21H12ErN6O18. The van der Waals surface area contributed by atoms with Crippen LogP contribution in [-0.2, 0) is 0 Å². The van der Waals surface area contributed by atoms with Gasteiger partial charge in [0.05, 0.1) is 46.2 Å². The van der Waals surface area contributed by atoms with Crippen LogP contribution in [0, 0.1) is 98.0 Å². The van der Waals surface area contributed by atoms with Gasteiger partial charge >= 0.3 is 52.0 Å². The zero-order chi connectivity index (χ0) is 34.8. The van der Waals surface area contributed by atoms with Crippen molar-refractivity contribution in [2.75, 3.05) is 0 Å². The number of nitrogens with zero attached hydrogens (tertiary/aromatic N) is 6. The average Bonchev–Trinajstić information content (AvgIpc) is 2.96. The second-order valence-corrected chi connectivity index (χ2v) is 7.57. The van der Waals surface area contributed by atoms with Gasteiger partial charge in [0.25, 0.3) is 0 Å². The van der Waals surface area contributed by atoms with Crippen molar-refractivity contribution in [1.29, 1.82) is 0 Å². The van der Waals surface area contributed by atoms with Crippen LogP contribution < -0.4 is 0 Å². The van der Waals surface area contributed by atoms with Crippen molar-refractivity contribution in [1.82, 2.24) is 0 Å². The topological polar surface area (TPSA) is 371 Å². The van der Waals surface area contributed by atoms with Gasteiger partial charge in [0.2, 0.25) is 0 Å². The van der Waals surface area contributed by atoms with Gasteiger partial charge in [0.1, 0.15) is 0 Å².